The number of rotatable bonds is 2. The van der Waals surface area contributed by atoms with E-state index < -0.39 is 0 Å². The van der Waals surface area contributed by atoms with Crippen LogP contribution < -0.4 is 34.9 Å². The number of para-hydroxylation sites is 1. The van der Waals surface area contributed by atoms with Crippen LogP contribution in [0.5, 0.6) is 5.75 Å². The molecule has 0 bridgehead atoms. The van der Waals surface area contributed by atoms with Gasteiger partial charge >= 0.3 is 21.7 Å². The van der Waals surface area contributed by atoms with Crippen LogP contribution in [0.2, 0.25) is 0 Å². The van der Waals surface area contributed by atoms with Crippen LogP contribution >= 0.6 is 0 Å². The maximum atomic E-state index is 5.83. The Bertz CT molecular complexity index is 333. The average Bonchev–Trinajstić information content (AvgIpc) is 2.44. The number of benzene rings is 1. The molecule has 0 aliphatic carbocycles. The Morgan fingerprint density at radius 3 is 2.60 bits per heavy atom. The second kappa shape index (κ2) is 12.9. The van der Waals surface area contributed by atoms with E-state index in [1.165, 1.54) is 0 Å². The summed E-state index contributed by atoms with van der Waals surface area (Å²) in [5, 5.41) is 7.93. The van der Waals surface area contributed by atoms with Gasteiger partial charge < -0.3 is 45.1 Å². The predicted octanol–water partition coefficient (Wildman–Crippen LogP) is -4.69. The third-order valence-corrected chi connectivity index (χ3v) is 2.82. The molecule has 1 saturated heterocycles. The second-order valence-corrected chi connectivity index (χ2v) is 4.30. The standard InChI is InChI=1S/C13H20N3O.2ClH.Ti/c1-16-9-7-14-11-13(15-8-10-16)17-12-5-3-2-4-6-12;;;/h2-6,13-14H,7-11H2,1H3;2*1H;/q-1;;;+3/p-2. The smallest absolute Gasteiger partial charge is 1.00 e. The Morgan fingerprint density at radius 2 is 1.90 bits per heavy atom. The van der Waals surface area contributed by atoms with Crippen LogP contribution in [0.25, 0.3) is 5.32 Å². The molecule has 0 amide bonds. The molecule has 1 aliphatic rings. The van der Waals surface area contributed by atoms with Gasteiger partial charge in [-0.05, 0) is 25.7 Å². The summed E-state index contributed by atoms with van der Waals surface area (Å²) in [5.41, 5.74) is 0. The van der Waals surface area contributed by atoms with Crippen LogP contribution in [0.1, 0.15) is 0 Å². The Kier molecular flexibility index (Phi) is 14.5. The van der Waals surface area contributed by atoms with E-state index in [9.17, 15) is 0 Å². The van der Waals surface area contributed by atoms with Crippen molar-refractivity contribution in [2.24, 2.45) is 0 Å². The van der Waals surface area contributed by atoms with E-state index in [2.05, 4.69) is 22.6 Å². The molecular formula is C13H20Cl2N3OTi. The zero-order valence-electron chi connectivity index (χ0n) is 11.6. The van der Waals surface area contributed by atoms with Crippen LogP contribution in [-0.2, 0) is 21.7 Å². The summed E-state index contributed by atoms with van der Waals surface area (Å²) in [4.78, 5) is 2.28. The van der Waals surface area contributed by atoms with Gasteiger partial charge in [-0.3, -0.25) is 0 Å². The maximum Gasteiger partial charge on any atom is 3.00 e. The topological polar surface area (TPSA) is 38.6 Å². The first-order valence-corrected chi connectivity index (χ1v) is 6.12. The van der Waals surface area contributed by atoms with E-state index in [4.69, 9.17) is 4.74 Å². The van der Waals surface area contributed by atoms with E-state index in [1.807, 2.05) is 30.3 Å². The summed E-state index contributed by atoms with van der Waals surface area (Å²) in [7, 11) is 2.12. The molecule has 1 atom stereocenters. The minimum absolute atomic E-state index is 0. The van der Waals surface area contributed by atoms with E-state index >= 15 is 0 Å². The molecule has 7 heteroatoms. The number of hydrogen-bond acceptors (Lipinski definition) is 3. The molecular weight excluding hydrogens is 333 g/mol. The number of likely N-dealkylation sites (N-methyl/N-ethyl adjacent to an activating group) is 1. The minimum atomic E-state index is -0.0797. The number of nitrogens with zero attached hydrogens (tertiary/aromatic N) is 2. The predicted molar refractivity (Wildman–Crippen MR) is 69.5 cm³/mol. The number of nitrogens with one attached hydrogen (secondary N) is 1. The number of ether oxygens (including phenoxy) is 1. The Balaban J connectivity index is 0. The fourth-order valence-electron chi connectivity index (χ4n) is 1.78. The van der Waals surface area contributed by atoms with E-state index in [0.717, 1.165) is 38.5 Å². The van der Waals surface area contributed by atoms with Gasteiger partial charge in [0.15, 0.2) is 0 Å². The van der Waals surface area contributed by atoms with Gasteiger partial charge in [-0.15, -0.1) is 6.54 Å². The Hall–Kier alpha value is 0.194. The van der Waals surface area contributed by atoms with Gasteiger partial charge in [0, 0.05) is 25.9 Å². The molecule has 1 aliphatic heterocycles. The first kappa shape index (κ1) is 22.5. The van der Waals surface area contributed by atoms with Crippen molar-refractivity contribution in [3.05, 3.63) is 35.6 Å². The Morgan fingerprint density at radius 1 is 1.20 bits per heavy atom. The quantitative estimate of drug-likeness (QED) is 0.544. The maximum absolute atomic E-state index is 5.83. The average molecular weight is 353 g/mol. The fourth-order valence-corrected chi connectivity index (χ4v) is 1.78. The van der Waals surface area contributed by atoms with Crippen LogP contribution in [-0.4, -0.2) is 50.9 Å². The van der Waals surface area contributed by atoms with Crippen LogP contribution in [0.15, 0.2) is 30.3 Å². The van der Waals surface area contributed by atoms with Crippen molar-refractivity contribution in [3.63, 3.8) is 0 Å². The second-order valence-electron chi connectivity index (χ2n) is 4.30. The summed E-state index contributed by atoms with van der Waals surface area (Å²) in [6.45, 7) is 4.66. The first-order chi connectivity index (χ1) is 8.34. The number of hydrogen-bond donors (Lipinski definition) is 1. The molecule has 1 heterocycles. The molecule has 1 fully saturated rings. The molecule has 1 aromatic rings. The summed E-state index contributed by atoms with van der Waals surface area (Å²) in [6.07, 6.45) is -0.0797. The van der Waals surface area contributed by atoms with Crippen molar-refractivity contribution in [2.45, 2.75) is 6.23 Å². The SMILES string of the molecule is CN1CC[N-]C(Oc2ccccc2)CNCC1.[Cl-].[Cl-].[Ti+3]. The van der Waals surface area contributed by atoms with Gasteiger partial charge in [-0.1, -0.05) is 18.2 Å². The van der Waals surface area contributed by atoms with E-state index in [0.29, 0.717) is 0 Å². The summed E-state index contributed by atoms with van der Waals surface area (Å²) < 4.78 is 5.83. The molecule has 0 spiro atoms. The van der Waals surface area contributed by atoms with Crippen LogP contribution in [0.4, 0.5) is 0 Å². The molecule has 111 valence electrons. The third-order valence-electron chi connectivity index (χ3n) is 2.82. The zero-order chi connectivity index (χ0) is 11.9. The van der Waals surface area contributed by atoms with Gasteiger partial charge in [0.25, 0.3) is 0 Å². The minimum Gasteiger partial charge on any atom is -1.00 e. The van der Waals surface area contributed by atoms with Crippen LogP contribution in [0.3, 0.4) is 0 Å². The van der Waals surface area contributed by atoms with Gasteiger partial charge in [0.2, 0.25) is 0 Å². The molecule has 4 nitrogen and oxygen atoms in total. The fraction of sp³-hybridized carbons (Fsp3) is 0.538. The van der Waals surface area contributed by atoms with Crippen molar-refractivity contribution in [2.75, 3.05) is 39.8 Å². The van der Waals surface area contributed by atoms with Gasteiger partial charge in [0.1, 0.15) is 5.75 Å². The molecule has 1 N–H and O–H groups in total. The molecule has 1 radical (unpaired) electrons. The Labute approximate surface area is 148 Å². The van der Waals surface area contributed by atoms with Crippen molar-refractivity contribution >= 4 is 0 Å². The van der Waals surface area contributed by atoms with Crippen molar-refractivity contribution in [1.29, 1.82) is 0 Å². The van der Waals surface area contributed by atoms with Crippen molar-refractivity contribution in [1.82, 2.24) is 10.2 Å². The van der Waals surface area contributed by atoms with E-state index in [1.54, 1.807) is 0 Å². The molecule has 0 saturated carbocycles. The first-order valence-electron chi connectivity index (χ1n) is 6.12. The molecule has 1 aromatic carbocycles. The van der Waals surface area contributed by atoms with Gasteiger partial charge in [-0.2, -0.15) is 0 Å². The van der Waals surface area contributed by atoms with Crippen molar-refractivity contribution in [3.8, 4) is 5.75 Å². The van der Waals surface area contributed by atoms with Gasteiger partial charge in [-0.25, -0.2) is 0 Å². The molecule has 0 aromatic heterocycles. The third kappa shape index (κ3) is 8.47. The normalized spacial score (nSPS) is 19.9. The molecule has 1 unspecified atom stereocenters. The largest absolute Gasteiger partial charge is 3.00 e. The molecule has 2 rings (SSSR count). The molecule has 20 heavy (non-hydrogen) atoms. The van der Waals surface area contributed by atoms with E-state index in [-0.39, 0.29) is 52.8 Å². The summed E-state index contributed by atoms with van der Waals surface area (Å²) in [5.74, 6) is 0.885. The summed E-state index contributed by atoms with van der Waals surface area (Å²) >= 11 is 0. The van der Waals surface area contributed by atoms with Crippen molar-refractivity contribution < 1.29 is 51.3 Å². The number of halogens is 2. The summed E-state index contributed by atoms with van der Waals surface area (Å²) in [6, 6.07) is 9.88. The zero-order valence-corrected chi connectivity index (χ0v) is 14.6. The van der Waals surface area contributed by atoms with Crippen LogP contribution in [0, 0.1) is 0 Å². The van der Waals surface area contributed by atoms with Gasteiger partial charge in [0.05, 0.1) is 0 Å². The monoisotopic (exact) mass is 352 g/mol.